The first-order valence-electron chi connectivity index (χ1n) is 4.49. The van der Waals surface area contributed by atoms with Gasteiger partial charge in [0.2, 0.25) is 0 Å². The van der Waals surface area contributed by atoms with Gasteiger partial charge in [-0.25, -0.2) is 14.1 Å². The van der Waals surface area contributed by atoms with Crippen LogP contribution in [0.5, 0.6) is 0 Å². The van der Waals surface area contributed by atoms with Gasteiger partial charge < -0.3 is 9.90 Å². The number of hydrogen-bond donors (Lipinski definition) is 0. The monoisotopic (exact) mass is 220 g/mol. The zero-order valence-electron chi connectivity index (χ0n) is 8.35. The van der Waals surface area contributed by atoms with E-state index in [1.54, 1.807) is 6.92 Å². The Morgan fingerprint density at radius 1 is 1.38 bits per heavy atom. The highest BCUT2D eigenvalue weighted by atomic mass is 19.1. The predicted molar refractivity (Wildman–Crippen MR) is 50.4 cm³/mol. The van der Waals surface area contributed by atoms with Crippen LogP contribution in [0.4, 0.5) is 4.39 Å². The number of rotatable bonds is 2. The van der Waals surface area contributed by atoms with Crippen LogP contribution in [0.3, 0.4) is 0 Å². The van der Waals surface area contributed by atoms with Crippen molar-refractivity contribution in [1.29, 1.82) is 0 Å². The van der Waals surface area contributed by atoms with Crippen LogP contribution in [-0.2, 0) is 0 Å². The molecule has 0 aliphatic heterocycles. The van der Waals surface area contributed by atoms with Crippen LogP contribution in [0.15, 0.2) is 24.3 Å². The van der Waals surface area contributed by atoms with Crippen molar-refractivity contribution < 1.29 is 14.3 Å². The van der Waals surface area contributed by atoms with Gasteiger partial charge >= 0.3 is 0 Å². The summed E-state index contributed by atoms with van der Waals surface area (Å²) in [7, 11) is 0. The number of carboxylic acids is 1. The summed E-state index contributed by atoms with van der Waals surface area (Å²) in [5.74, 6) is -1.81. The minimum atomic E-state index is -1.44. The lowest BCUT2D eigenvalue weighted by Crippen LogP contribution is -2.23. The summed E-state index contributed by atoms with van der Waals surface area (Å²) >= 11 is 0. The zero-order valence-corrected chi connectivity index (χ0v) is 8.35. The summed E-state index contributed by atoms with van der Waals surface area (Å²) in [6, 6.07) is 5.48. The van der Waals surface area contributed by atoms with Crippen LogP contribution in [0, 0.1) is 12.7 Å². The molecule has 0 radical (unpaired) electrons. The lowest BCUT2D eigenvalue weighted by molar-refractivity contribution is -0.256. The van der Waals surface area contributed by atoms with E-state index in [9.17, 15) is 14.3 Å². The molecule has 0 saturated heterocycles. The third kappa shape index (κ3) is 1.77. The van der Waals surface area contributed by atoms with Gasteiger partial charge in [0.15, 0.2) is 5.82 Å². The smallest absolute Gasteiger partial charge is 0.197 e. The zero-order chi connectivity index (χ0) is 11.7. The number of carboxylic acid groups (broad SMARTS) is 1. The van der Waals surface area contributed by atoms with E-state index in [2.05, 4.69) is 10.1 Å². The van der Waals surface area contributed by atoms with Gasteiger partial charge in [0, 0.05) is 0 Å². The molecular weight excluding hydrogens is 213 g/mol. The molecule has 0 aliphatic rings. The molecule has 0 amide bonds. The first-order valence-corrected chi connectivity index (χ1v) is 4.49. The lowest BCUT2D eigenvalue weighted by atomic mass is 10.3. The molecule has 1 aromatic heterocycles. The van der Waals surface area contributed by atoms with E-state index < -0.39 is 5.97 Å². The Balaban J connectivity index is 2.47. The lowest BCUT2D eigenvalue weighted by Gasteiger charge is -2.01. The molecule has 0 bridgehead atoms. The quantitative estimate of drug-likeness (QED) is 0.718. The fraction of sp³-hybridized carbons (Fsp3) is 0.100. The minimum absolute atomic E-state index is 0.373. The molecule has 1 heterocycles. The normalized spacial score (nSPS) is 10.4. The van der Waals surface area contributed by atoms with Gasteiger partial charge in [0.1, 0.15) is 17.6 Å². The fourth-order valence-electron chi connectivity index (χ4n) is 1.30. The number of halogens is 1. The second-order valence-electron chi connectivity index (χ2n) is 3.16. The Hall–Kier alpha value is -2.24. The maximum absolute atomic E-state index is 12.7. The van der Waals surface area contributed by atoms with Gasteiger partial charge in [-0.1, -0.05) is 0 Å². The van der Waals surface area contributed by atoms with Crippen molar-refractivity contribution in [3.63, 3.8) is 0 Å². The molecule has 5 nitrogen and oxygen atoms in total. The van der Waals surface area contributed by atoms with Gasteiger partial charge in [0.25, 0.3) is 0 Å². The number of carbonyl (C=O) groups is 1. The van der Waals surface area contributed by atoms with Gasteiger partial charge in [0.05, 0.1) is 5.69 Å². The third-order valence-corrected chi connectivity index (χ3v) is 2.02. The number of carbonyl (C=O) groups excluding carboxylic acids is 1. The highest BCUT2D eigenvalue weighted by Gasteiger charge is 2.08. The maximum atomic E-state index is 12.7. The molecular formula is C10H7FN3O2-. The Bertz CT molecular complexity index is 533. The van der Waals surface area contributed by atoms with E-state index in [-0.39, 0.29) is 11.6 Å². The van der Waals surface area contributed by atoms with E-state index in [1.807, 2.05) is 0 Å². The standard InChI is InChI=1S/C10H8FN3O2/c1-6-12-9(10(15)16)13-14(6)8-4-2-7(11)3-5-8/h2-5H,1H3,(H,15,16)/p-1. The van der Waals surface area contributed by atoms with E-state index in [0.29, 0.717) is 11.5 Å². The van der Waals surface area contributed by atoms with Crippen molar-refractivity contribution in [2.75, 3.05) is 0 Å². The number of aromatic nitrogens is 3. The van der Waals surface area contributed by atoms with Crippen molar-refractivity contribution in [3.8, 4) is 5.69 Å². The summed E-state index contributed by atoms with van der Waals surface area (Å²) in [6.45, 7) is 1.60. The van der Waals surface area contributed by atoms with E-state index in [0.717, 1.165) is 0 Å². The van der Waals surface area contributed by atoms with Crippen LogP contribution in [0.25, 0.3) is 5.69 Å². The molecule has 0 fully saturated rings. The van der Waals surface area contributed by atoms with E-state index >= 15 is 0 Å². The second-order valence-corrected chi connectivity index (χ2v) is 3.16. The Kier molecular flexibility index (Phi) is 2.40. The number of hydrogen-bond acceptors (Lipinski definition) is 4. The highest BCUT2D eigenvalue weighted by molar-refractivity contribution is 5.80. The summed E-state index contributed by atoms with van der Waals surface area (Å²) < 4.78 is 14.0. The largest absolute Gasteiger partial charge is 0.541 e. The molecule has 0 saturated carbocycles. The number of benzene rings is 1. The highest BCUT2D eigenvalue weighted by Crippen LogP contribution is 2.10. The van der Waals surface area contributed by atoms with E-state index in [4.69, 9.17) is 0 Å². The van der Waals surface area contributed by atoms with Crippen molar-refractivity contribution in [2.24, 2.45) is 0 Å². The van der Waals surface area contributed by atoms with Crippen molar-refractivity contribution in [1.82, 2.24) is 14.8 Å². The van der Waals surface area contributed by atoms with Gasteiger partial charge in [-0.2, -0.15) is 0 Å². The predicted octanol–water partition coefficient (Wildman–Crippen LogP) is 0.0783. The molecule has 1 aromatic carbocycles. The SMILES string of the molecule is Cc1nc(C(=O)[O-])nn1-c1ccc(F)cc1. The van der Waals surface area contributed by atoms with Crippen LogP contribution >= 0.6 is 0 Å². The number of aromatic carboxylic acids is 1. The van der Waals surface area contributed by atoms with Crippen LogP contribution in [0.2, 0.25) is 0 Å². The summed E-state index contributed by atoms with van der Waals surface area (Å²) in [6.07, 6.45) is 0. The van der Waals surface area contributed by atoms with Crippen molar-refractivity contribution >= 4 is 5.97 Å². The molecule has 82 valence electrons. The average molecular weight is 220 g/mol. The molecule has 0 N–H and O–H groups in total. The Morgan fingerprint density at radius 3 is 2.50 bits per heavy atom. The molecule has 6 heteroatoms. The van der Waals surface area contributed by atoms with E-state index in [1.165, 1.54) is 28.9 Å². The molecule has 0 spiro atoms. The first-order chi connectivity index (χ1) is 7.58. The molecule has 0 unspecified atom stereocenters. The Morgan fingerprint density at radius 2 is 2.00 bits per heavy atom. The fourth-order valence-corrected chi connectivity index (χ4v) is 1.30. The first kappa shape index (κ1) is 10.3. The third-order valence-electron chi connectivity index (χ3n) is 2.02. The number of aryl methyl sites for hydroxylation is 1. The summed E-state index contributed by atoms with van der Waals surface area (Å²) in [4.78, 5) is 14.2. The molecule has 2 aromatic rings. The second kappa shape index (κ2) is 3.73. The average Bonchev–Trinajstić information content (AvgIpc) is 2.62. The summed E-state index contributed by atoms with van der Waals surface area (Å²) in [5, 5.41) is 14.3. The van der Waals surface area contributed by atoms with Gasteiger partial charge in [-0.05, 0) is 31.2 Å². The Labute approximate surface area is 90.2 Å². The molecule has 2 rings (SSSR count). The van der Waals surface area contributed by atoms with Crippen molar-refractivity contribution in [3.05, 3.63) is 41.7 Å². The maximum Gasteiger partial charge on any atom is 0.197 e. The minimum Gasteiger partial charge on any atom is -0.541 e. The molecule has 16 heavy (non-hydrogen) atoms. The van der Waals surface area contributed by atoms with Crippen LogP contribution in [-0.4, -0.2) is 20.7 Å². The molecule has 0 aliphatic carbocycles. The topological polar surface area (TPSA) is 70.8 Å². The van der Waals surface area contributed by atoms with Crippen LogP contribution in [0.1, 0.15) is 16.4 Å². The summed E-state index contributed by atoms with van der Waals surface area (Å²) in [5.41, 5.74) is 0.541. The van der Waals surface area contributed by atoms with Crippen molar-refractivity contribution in [2.45, 2.75) is 6.92 Å². The molecule has 0 atom stereocenters. The number of nitrogens with zero attached hydrogens (tertiary/aromatic N) is 3. The van der Waals surface area contributed by atoms with Crippen LogP contribution < -0.4 is 5.11 Å². The van der Waals surface area contributed by atoms with Gasteiger partial charge in [-0.15, -0.1) is 5.10 Å². The van der Waals surface area contributed by atoms with Gasteiger partial charge in [-0.3, -0.25) is 0 Å².